The second-order valence-electron chi connectivity index (χ2n) is 9.46. The van der Waals surface area contributed by atoms with Gasteiger partial charge >= 0.3 is 0 Å². The molecule has 0 radical (unpaired) electrons. The van der Waals surface area contributed by atoms with Crippen molar-refractivity contribution in [3.8, 4) is 23.0 Å². The van der Waals surface area contributed by atoms with E-state index in [-0.39, 0.29) is 12.7 Å². The van der Waals surface area contributed by atoms with Crippen LogP contribution in [0.2, 0.25) is 0 Å². The Hall–Kier alpha value is -3.70. The lowest BCUT2D eigenvalue weighted by atomic mass is 10.1. The zero-order valence-corrected chi connectivity index (χ0v) is 22.7. The lowest BCUT2D eigenvalue weighted by Crippen LogP contribution is -2.34. The van der Waals surface area contributed by atoms with Crippen LogP contribution in [0.3, 0.4) is 0 Å². The second-order valence-corrected chi connectivity index (χ2v) is 9.46. The highest BCUT2D eigenvalue weighted by Gasteiger charge is 2.25. The van der Waals surface area contributed by atoms with Crippen molar-refractivity contribution >= 4 is 23.1 Å². The number of fused-ring (bicyclic) bond motifs is 4. The number of aryl methyl sites for hydroxylation is 2. The monoisotopic (exact) mass is 520 g/mol. The van der Waals surface area contributed by atoms with Gasteiger partial charge in [-0.15, -0.1) is 5.10 Å². The van der Waals surface area contributed by atoms with Crippen LogP contribution in [0.1, 0.15) is 50.3 Å². The Labute approximate surface area is 222 Å². The first-order valence-corrected chi connectivity index (χ1v) is 13.3. The molecule has 202 valence electrons. The van der Waals surface area contributed by atoms with Crippen molar-refractivity contribution in [2.24, 2.45) is 7.05 Å². The van der Waals surface area contributed by atoms with Crippen LogP contribution in [-0.4, -0.2) is 77.2 Å². The SMILES string of the molecule is CCOc1nn(CCO)c2c1/C=C/c1n[nH]c3cnc(cc13)-c1c(CC)nn(C)c1O[C@@H](C)CN(CC)C2. The second kappa shape index (κ2) is 11.0. The highest BCUT2D eigenvalue weighted by molar-refractivity contribution is 5.92. The molecular formula is C27H36N8O3. The third-order valence-electron chi connectivity index (χ3n) is 6.85. The molecule has 0 amide bonds. The Morgan fingerprint density at radius 2 is 2.05 bits per heavy atom. The maximum absolute atomic E-state index is 9.74. The summed E-state index contributed by atoms with van der Waals surface area (Å²) >= 11 is 0. The molecule has 2 bridgehead atoms. The number of aromatic amines is 1. The number of aliphatic hydroxyl groups excluding tert-OH is 1. The minimum absolute atomic E-state index is 0.0160. The van der Waals surface area contributed by atoms with Gasteiger partial charge in [-0.05, 0) is 45.0 Å². The number of hydrogen-bond donors (Lipinski definition) is 2. The molecule has 0 saturated heterocycles. The lowest BCUT2D eigenvalue weighted by Gasteiger charge is -2.25. The van der Waals surface area contributed by atoms with Crippen LogP contribution in [0, 0.1) is 0 Å². The first kappa shape index (κ1) is 25.9. The zero-order chi connectivity index (χ0) is 26.8. The summed E-state index contributed by atoms with van der Waals surface area (Å²) in [6.45, 7) is 11.2. The van der Waals surface area contributed by atoms with Crippen LogP contribution in [0.4, 0.5) is 0 Å². The Bertz CT molecular complexity index is 1450. The summed E-state index contributed by atoms with van der Waals surface area (Å²) in [5.41, 5.74) is 6.14. The molecule has 1 aliphatic heterocycles. The van der Waals surface area contributed by atoms with Crippen molar-refractivity contribution in [3.05, 3.63) is 34.9 Å². The largest absolute Gasteiger partial charge is 0.476 e. The highest BCUT2D eigenvalue weighted by atomic mass is 16.5. The molecule has 1 atom stereocenters. The quantitative estimate of drug-likeness (QED) is 0.398. The fourth-order valence-corrected chi connectivity index (χ4v) is 5.02. The van der Waals surface area contributed by atoms with Gasteiger partial charge in [0.15, 0.2) is 0 Å². The summed E-state index contributed by atoms with van der Waals surface area (Å²) < 4.78 is 16.1. The predicted octanol–water partition coefficient (Wildman–Crippen LogP) is 3.28. The predicted molar refractivity (Wildman–Crippen MR) is 146 cm³/mol. The van der Waals surface area contributed by atoms with E-state index in [0.717, 1.165) is 57.8 Å². The van der Waals surface area contributed by atoms with Gasteiger partial charge < -0.3 is 14.6 Å². The number of nitrogens with one attached hydrogen (secondary N) is 1. The van der Waals surface area contributed by atoms with Crippen LogP contribution < -0.4 is 9.47 Å². The number of pyridine rings is 1. The number of aromatic nitrogens is 7. The van der Waals surface area contributed by atoms with E-state index in [4.69, 9.17) is 24.7 Å². The summed E-state index contributed by atoms with van der Waals surface area (Å²) in [4.78, 5) is 7.06. The minimum Gasteiger partial charge on any atom is -0.476 e. The van der Waals surface area contributed by atoms with Gasteiger partial charge in [0.2, 0.25) is 11.8 Å². The smallest absolute Gasteiger partial charge is 0.240 e. The third kappa shape index (κ3) is 4.79. The molecule has 1 aliphatic rings. The fraction of sp³-hybridized carbons (Fsp3) is 0.481. The topological polar surface area (TPSA) is 119 Å². The van der Waals surface area contributed by atoms with Gasteiger partial charge in [0.25, 0.3) is 0 Å². The summed E-state index contributed by atoms with van der Waals surface area (Å²) in [5.74, 6) is 1.25. The molecule has 0 aromatic carbocycles. The number of H-pyrrole nitrogens is 1. The molecule has 0 saturated carbocycles. The molecule has 11 heteroatoms. The Morgan fingerprint density at radius 3 is 2.79 bits per heavy atom. The van der Waals surface area contributed by atoms with E-state index in [1.807, 2.05) is 47.8 Å². The van der Waals surface area contributed by atoms with Gasteiger partial charge in [0, 0.05) is 25.5 Å². The number of likely N-dealkylation sites (N-methyl/N-ethyl adjacent to an activating group) is 1. The van der Waals surface area contributed by atoms with Crippen LogP contribution in [-0.2, 0) is 26.6 Å². The third-order valence-corrected chi connectivity index (χ3v) is 6.85. The summed E-state index contributed by atoms with van der Waals surface area (Å²) in [6.07, 6.45) is 6.44. The van der Waals surface area contributed by atoms with Crippen molar-refractivity contribution in [1.82, 2.24) is 39.6 Å². The lowest BCUT2D eigenvalue weighted by molar-refractivity contribution is 0.133. The van der Waals surface area contributed by atoms with Crippen LogP contribution in [0.15, 0.2) is 12.3 Å². The molecule has 0 aliphatic carbocycles. The van der Waals surface area contributed by atoms with Gasteiger partial charge in [-0.1, -0.05) is 13.8 Å². The van der Waals surface area contributed by atoms with Gasteiger partial charge in [0.1, 0.15) is 6.10 Å². The average Bonchev–Trinajstić information content (AvgIpc) is 3.55. The van der Waals surface area contributed by atoms with E-state index in [2.05, 4.69) is 35.9 Å². The first-order chi connectivity index (χ1) is 18.5. The fourth-order valence-electron chi connectivity index (χ4n) is 5.02. The van der Waals surface area contributed by atoms with E-state index in [1.165, 1.54) is 0 Å². The van der Waals surface area contributed by atoms with Crippen molar-refractivity contribution in [2.45, 2.75) is 53.3 Å². The molecule has 4 aromatic heterocycles. The molecule has 0 spiro atoms. The number of nitrogens with zero attached hydrogens (tertiary/aromatic N) is 7. The van der Waals surface area contributed by atoms with Crippen molar-refractivity contribution in [3.63, 3.8) is 0 Å². The van der Waals surface area contributed by atoms with Gasteiger partial charge in [0.05, 0.1) is 65.4 Å². The molecule has 5 rings (SSSR count). The van der Waals surface area contributed by atoms with Gasteiger partial charge in [-0.2, -0.15) is 10.2 Å². The normalized spacial score (nSPS) is 17.1. The van der Waals surface area contributed by atoms with E-state index in [1.54, 1.807) is 0 Å². The van der Waals surface area contributed by atoms with Crippen molar-refractivity contribution in [1.29, 1.82) is 0 Å². The zero-order valence-electron chi connectivity index (χ0n) is 22.7. The van der Waals surface area contributed by atoms with E-state index < -0.39 is 0 Å². The molecule has 11 nitrogen and oxygen atoms in total. The van der Waals surface area contributed by atoms with E-state index in [9.17, 15) is 5.11 Å². The van der Waals surface area contributed by atoms with E-state index in [0.29, 0.717) is 38.0 Å². The van der Waals surface area contributed by atoms with Crippen LogP contribution in [0.25, 0.3) is 34.3 Å². The number of aliphatic hydroxyl groups is 1. The Balaban J connectivity index is 1.72. The number of hydrogen-bond acceptors (Lipinski definition) is 8. The molecule has 0 fully saturated rings. The minimum atomic E-state index is -0.119. The highest BCUT2D eigenvalue weighted by Crippen LogP contribution is 2.35. The Morgan fingerprint density at radius 1 is 1.21 bits per heavy atom. The van der Waals surface area contributed by atoms with Crippen molar-refractivity contribution in [2.75, 3.05) is 26.3 Å². The molecule has 0 unspecified atom stereocenters. The number of ether oxygens (including phenoxy) is 2. The molecule has 4 aromatic rings. The molecular weight excluding hydrogens is 484 g/mol. The standard InChI is InChI=1S/C27H36N8O3/c1-6-20-25-22-13-19-21(29-30-23(19)14-28-22)10-9-18-24(35(11-12-36)32-26(18)37-8-3)16-34(7-2)15-17(4)38-27(25)33(5)31-20/h9-10,13-14,17,36H,6-8,11-12,15-16H2,1-5H3,(H,29,30)/b10-9+/t17-/m0/s1. The van der Waals surface area contributed by atoms with Crippen LogP contribution >= 0.6 is 0 Å². The number of rotatable bonds is 6. The summed E-state index contributed by atoms with van der Waals surface area (Å²) in [7, 11) is 1.91. The first-order valence-electron chi connectivity index (χ1n) is 13.3. The summed E-state index contributed by atoms with van der Waals surface area (Å²) in [5, 5.41) is 27.8. The molecule has 2 N–H and O–H groups in total. The van der Waals surface area contributed by atoms with Gasteiger partial charge in [-0.25, -0.2) is 4.68 Å². The Kier molecular flexibility index (Phi) is 7.48. The van der Waals surface area contributed by atoms with Crippen molar-refractivity contribution < 1.29 is 14.6 Å². The van der Waals surface area contributed by atoms with Crippen LogP contribution in [0.5, 0.6) is 11.8 Å². The van der Waals surface area contributed by atoms with Gasteiger partial charge in [-0.3, -0.25) is 19.7 Å². The van der Waals surface area contributed by atoms with E-state index >= 15 is 0 Å². The maximum Gasteiger partial charge on any atom is 0.240 e. The maximum atomic E-state index is 9.74. The summed E-state index contributed by atoms with van der Waals surface area (Å²) in [6, 6.07) is 2.05. The average molecular weight is 521 g/mol. The molecule has 38 heavy (non-hydrogen) atoms. The molecule has 5 heterocycles.